The summed E-state index contributed by atoms with van der Waals surface area (Å²) in [7, 11) is 1.93. The first-order chi connectivity index (χ1) is 9.49. The maximum absolute atomic E-state index is 4.37. The number of nitrogens with one attached hydrogen (secondary N) is 1. The number of hydrogen-bond acceptors (Lipinski definition) is 2. The van der Waals surface area contributed by atoms with Gasteiger partial charge in [-0.15, -0.1) is 6.54 Å². The molecular weight excluding hydrogens is 387 g/mol. The summed E-state index contributed by atoms with van der Waals surface area (Å²) >= 11 is 0. The van der Waals surface area contributed by atoms with Crippen LogP contribution in [0.1, 0.15) is 56.4 Å². The van der Waals surface area contributed by atoms with Gasteiger partial charge in [0.05, 0.1) is 0 Å². The minimum absolute atomic E-state index is 0. The van der Waals surface area contributed by atoms with Gasteiger partial charge in [-0.3, -0.25) is 4.68 Å². The van der Waals surface area contributed by atoms with Crippen molar-refractivity contribution in [2.45, 2.75) is 39.5 Å². The number of hydrogen-bond donors (Lipinski definition) is 1. The minimum atomic E-state index is 0. The monoisotopic (exact) mass is 411 g/mol. The number of nitrogens with zero attached hydrogens (tertiary/aromatic N) is 2. The molecule has 1 heterocycles. The molecule has 0 atom stereocenters. The molecule has 0 amide bonds. The standard InChI is InChI=1S/C17H24N3.Pr/c1-12(2)15-7-6-8-16(13(3)4)17(15)18-11-14-9-10-20(5)19-14;/h6-13,18H,1-5H3;/q-1;. The van der Waals surface area contributed by atoms with Gasteiger partial charge in [0.2, 0.25) is 0 Å². The van der Waals surface area contributed by atoms with E-state index in [0.29, 0.717) is 11.8 Å². The van der Waals surface area contributed by atoms with Gasteiger partial charge in [0.25, 0.3) is 0 Å². The third-order valence-electron chi connectivity index (χ3n) is 3.47. The first kappa shape index (κ1) is 18.5. The molecule has 111 valence electrons. The van der Waals surface area contributed by atoms with Crippen LogP contribution in [0, 0.1) is 47.8 Å². The second-order valence-corrected chi connectivity index (χ2v) is 5.82. The molecule has 1 aromatic heterocycles. The fourth-order valence-corrected chi connectivity index (χ4v) is 2.37. The Morgan fingerprint density at radius 3 is 2.05 bits per heavy atom. The van der Waals surface area contributed by atoms with Crippen LogP contribution in [-0.2, 0) is 7.05 Å². The quantitative estimate of drug-likeness (QED) is 0.745. The molecule has 2 rings (SSSR count). The average Bonchev–Trinajstić information content (AvgIpc) is 2.81. The van der Waals surface area contributed by atoms with Crippen LogP contribution in [0.15, 0.2) is 30.5 Å². The maximum atomic E-state index is 4.37. The average molecular weight is 411 g/mol. The van der Waals surface area contributed by atoms with E-state index in [1.165, 1.54) is 16.8 Å². The van der Waals surface area contributed by atoms with Crippen molar-refractivity contribution in [1.82, 2.24) is 9.78 Å². The normalized spacial score (nSPS) is 10.6. The van der Waals surface area contributed by atoms with Gasteiger partial charge in [0.1, 0.15) is 0 Å². The molecule has 0 aliphatic rings. The summed E-state index contributed by atoms with van der Waals surface area (Å²) in [6.07, 6.45) is 1.95. The molecule has 4 heteroatoms. The molecule has 0 bridgehead atoms. The Morgan fingerprint density at radius 1 is 1.05 bits per heavy atom. The van der Waals surface area contributed by atoms with Crippen LogP contribution in [0.2, 0.25) is 0 Å². The van der Waals surface area contributed by atoms with Gasteiger partial charge in [0, 0.05) is 54.0 Å². The first-order valence-electron chi connectivity index (χ1n) is 7.21. The summed E-state index contributed by atoms with van der Waals surface area (Å²) in [6, 6.07) is 8.55. The molecular formula is C17H24N3Pr-. The predicted octanol–water partition coefficient (Wildman–Crippen LogP) is 4.29. The van der Waals surface area contributed by atoms with Crippen LogP contribution in [0.4, 0.5) is 5.69 Å². The van der Waals surface area contributed by atoms with E-state index >= 15 is 0 Å². The summed E-state index contributed by atoms with van der Waals surface area (Å²) < 4.78 is 1.81. The smallest absolute Gasteiger partial charge is 0.0289 e. The molecule has 2 aromatic rings. The van der Waals surface area contributed by atoms with Gasteiger partial charge in [-0.05, 0) is 23.0 Å². The van der Waals surface area contributed by atoms with Crippen molar-refractivity contribution in [2.75, 3.05) is 5.32 Å². The van der Waals surface area contributed by atoms with E-state index in [2.05, 4.69) is 56.3 Å². The van der Waals surface area contributed by atoms with Gasteiger partial charge < -0.3 is 5.32 Å². The molecule has 0 aliphatic carbocycles. The molecule has 1 aromatic carbocycles. The zero-order valence-corrected chi connectivity index (χ0v) is 17.3. The van der Waals surface area contributed by atoms with Crippen molar-refractivity contribution in [3.05, 3.63) is 53.8 Å². The fourth-order valence-electron chi connectivity index (χ4n) is 2.37. The van der Waals surface area contributed by atoms with Crippen molar-refractivity contribution in [2.24, 2.45) is 7.05 Å². The van der Waals surface area contributed by atoms with E-state index in [1.54, 1.807) is 0 Å². The van der Waals surface area contributed by atoms with Crippen LogP contribution >= 0.6 is 0 Å². The second kappa shape index (κ2) is 8.19. The SMILES string of the molecule is CC(C)c1cccc(C(C)C)c1N[CH-]c1ccn(C)n1.[Pr]. The van der Waals surface area contributed by atoms with Gasteiger partial charge in [-0.2, -0.15) is 6.07 Å². The topological polar surface area (TPSA) is 29.9 Å². The van der Waals surface area contributed by atoms with Crippen molar-refractivity contribution in [3.63, 3.8) is 0 Å². The molecule has 0 aliphatic heterocycles. The number of para-hydroxylation sites is 1. The predicted molar refractivity (Wildman–Crippen MR) is 84.9 cm³/mol. The molecule has 3 nitrogen and oxygen atoms in total. The third kappa shape index (κ3) is 4.72. The van der Waals surface area contributed by atoms with Crippen molar-refractivity contribution >= 4 is 5.69 Å². The van der Waals surface area contributed by atoms with Crippen molar-refractivity contribution < 1.29 is 41.3 Å². The Labute approximate surface area is 161 Å². The van der Waals surface area contributed by atoms with Crippen LogP contribution < -0.4 is 5.32 Å². The summed E-state index contributed by atoms with van der Waals surface area (Å²) in [5, 5.41) is 7.85. The van der Waals surface area contributed by atoms with Crippen molar-refractivity contribution in [3.8, 4) is 0 Å². The van der Waals surface area contributed by atoms with E-state index in [9.17, 15) is 0 Å². The van der Waals surface area contributed by atoms with Gasteiger partial charge in [0.15, 0.2) is 0 Å². The van der Waals surface area contributed by atoms with E-state index in [4.69, 9.17) is 0 Å². The molecule has 0 fully saturated rings. The van der Waals surface area contributed by atoms with Gasteiger partial charge >= 0.3 is 0 Å². The third-order valence-corrected chi connectivity index (χ3v) is 3.47. The van der Waals surface area contributed by atoms with Crippen molar-refractivity contribution in [1.29, 1.82) is 0 Å². The zero-order chi connectivity index (χ0) is 14.7. The van der Waals surface area contributed by atoms with Gasteiger partial charge in [-0.25, -0.2) is 5.10 Å². The van der Waals surface area contributed by atoms with E-state index in [-0.39, 0.29) is 41.3 Å². The Balaban J connectivity index is 0.00000220. The Bertz CT molecular complexity index is 547. The number of aromatic nitrogens is 2. The van der Waals surface area contributed by atoms with Crippen LogP contribution in [0.25, 0.3) is 0 Å². The number of benzene rings is 1. The number of anilines is 1. The number of aryl methyl sites for hydroxylation is 1. The molecule has 1 N–H and O–H groups in total. The minimum Gasteiger partial charge on any atom is -0.437 e. The Morgan fingerprint density at radius 2 is 1.62 bits per heavy atom. The summed E-state index contributed by atoms with van der Waals surface area (Å²) in [5.41, 5.74) is 4.87. The largest absolute Gasteiger partial charge is 0.437 e. The molecule has 0 spiro atoms. The van der Waals surface area contributed by atoms with E-state index in [1.807, 2.05) is 30.5 Å². The summed E-state index contributed by atoms with van der Waals surface area (Å²) in [5.74, 6) is 0.988. The first-order valence-corrected chi connectivity index (χ1v) is 7.21. The molecule has 21 heavy (non-hydrogen) atoms. The van der Waals surface area contributed by atoms with Gasteiger partial charge in [-0.1, -0.05) is 57.8 Å². The van der Waals surface area contributed by atoms with Crippen LogP contribution in [0.3, 0.4) is 0 Å². The fraction of sp³-hybridized carbons (Fsp3) is 0.412. The van der Waals surface area contributed by atoms with Crippen LogP contribution in [0.5, 0.6) is 0 Å². The Hall–Kier alpha value is -0.536. The number of rotatable bonds is 5. The maximum Gasteiger partial charge on any atom is 0.0289 e. The van der Waals surface area contributed by atoms with E-state index < -0.39 is 0 Å². The molecule has 0 saturated heterocycles. The second-order valence-electron chi connectivity index (χ2n) is 5.82. The summed E-state index contributed by atoms with van der Waals surface area (Å²) in [6.45, 7) is 10.9. The van der Waals surface area contributed by atoms with E-state index in [0.717, 1.165) is 5.69 Å². The summed E-state index contributed by atoms with van der Waals surface area (Å²) in [4.78, 5) is 0. The van der Waals surface area contributed by atoms with Crippen LogP contribution in [-0.4, -0.2) is 9.78 Å². The Kier molecular flexibility index (Phi) is 7.22. The molecule has 0 unspecified atom stereocenters. The molecule has 1 radical (unpaired) electrons. The zero-order valence-electron chi connectivity index (χ0n) is 13.6. The molecule has 0 saturated carbocycles.